The first kappa shape index (κ1) is 10.4. The molecule has 0 aliphatic rings. The molecule has 1 aromatic rings. The quantitative estimate of drug-likeness (QED) is 0.525. The predicted octanol–water partition coefficient (Wildman–Crippen LogP) is 3.38. The highest BCUT2D eigenvalue weighted by Crippen LogP contribution is 2.35. The Morgan fingerprint density at radius 2 is 1.93 bits per heavy atom. The van der Waals surface area contributed by atoms with Crippen LogP contribution >= 0.6 is 0 Å². The summed E-state index contributed by atoms with van der Waals surface area (Å²) in [4.78, 5) is 0. The van der Waals surface area contributed by atoms with Crippen LogP contribution in [0.2, 0.25) is 0 Å². The van der Waals surface area contributed by atoms with Gasteiger partial charge in [-0.3, -0.25) is 0 Å². The second-order valence-corrected chi connectivity index (χ2v) is 2.43. The first-order chi connectivity index (χ1) is 6.55. The molecule has 0 saturated carbocycles. The predicted molar refractivity (Wildman–Crippen MR) is 45.8 cm³/mol. The van der Waals surface area contributed by atoms with E-state index in [1.807, 2.05) is 0 Å². The number of hydrogen-bond acceptors (Lipinski definition) is 1. The minimum Gasteiger partial charge on any atom is -0.456 e. The zero-order valence-corrected chi connectivity index (χ0v) is 7.14. The van der Waals surface area contributed by atoms with Crippen molar-refractivity contribution in [3.8, 4) is 5.75 Å². The first-order valence-electron chi connectivity index (χ1n) is 3.73. The van der Waals surface area contributed by atoms with Gasteiger partial charge in [-0.2, -0.15) is 13.2 Å². The Morgan fingerprint density at radius 1 is 1.29 bits per heavy atom. The summed E-state index contributed by atoms with van der Waals surface area (Å²) in [6.07, 6.45) is -3.43. The van der Waals surface area contributed by atoms with E-state index in [1.54, 1.807) is 0 Å². The minimum absolute atomic E-state index is 0.254. The maximum atomic E-state index is 12.3. The van der Waals surface area contributed by atoms with Crippen molar-refractivity contribution in [3.63, 3.8) is 0 Å². The molecule has 1 aromatic carbocycles. The molecule has 14 heavy (non-hydrogen) atoms. The van der Waals surface area contributed by atoms with Gasteiger partial charge in [0, 0.05) is 0 Å². The molecule has 0 amide bonds. The van der Waals surface area contributed by atoms with Gasteiger partial charge in [-0.15, -0.1) is 0 Å². The molecule has 0 radical (unpaired) electrons. The molecule has 0 fully saturated rings. The van der Waals surface area contributed by atoms with Gasteiger partial charge in [-0.05, 0) is 12.1 Å². The average Bonchev–Trinajstić information content (AvgIpc) is 2.14. The van der Waals surface area contributed by atoms with Crippen molar-refractivity contribution in [2.75, 3.05) is 0 Å². The van der Waals surface area contributed by atoms with Crippen LogP contribution in [0.15, 0.2) is 42.8 Å². The van der Waals surface area contributed by atoms with Crippen molar-refractivity contribution in [2.24, 2.45) is 0 Å². The van der Waals surface area contributed by atoms with Gasteiger partial charge in [0.1, 0.15) is 12.0 Å². The molecule has 0 aromatic heterocycles. The van der Waals surface area contributed by atoms with Crippen molar-refractivity contribution in [2.45, 2.75) is 6.18 Å². The normalized spacial score (nSPS) is 10.5. The molecule has 0 heterocycles. The van der Waals surface area contributed by atoms with E-state index >= 15 is 0 Å². The molecule has 74 valence electrons. The Hall–Kier alpha value is -1.67. The molecule has 0 aliphatic carbocycles. The van der Waals surface area contributed by atoms with Crippen molar-refractivity contribution >= 4 is 0 Å². The largest absolute Gasteiger partial charge is 0.456 e. The molecular weight excluding hydrogens is 193 g/mol. The SMILES string of the molecule is C=C=COc1ccccc1C(F)(F)F. The van der Waals surface area contributed by atoms with Crippen molar-refractivity contribution in [1.82, 2.24) is 0 Å². The van der Waals surface area contributed by atoms with E-state index in [0.717, 1.165) is 12.3 Å². The highest BCUT2D eigenvalue weighted by Gasteiger charge is 2.33. The molecule has 0 aliphatic heterocycles. The fourth-order valence-corrected chi connectivity index (χ4v) is 0.909. The Balaban J connectivity index is 3.09. The van der Waals surface area contributed by atoms with E-state index in [4.69, 9.17) is 4.74 Å². The van der Waals surface area contributed by atoms with Gasteiger partial charge in [0.05, 0.1) is 5.56 Å². The number of alkyl halides is 3. The monoisotopic (exact) mass is 200 g/mol. The lowest BCUT2D eigenvalue weighted by molar-refractivity contribution is -0.138. The summed E-state index contributed by atoms with van der Waals surface area (Å²) in [7, 11) is 0. The summed E-state index contributed by atoms with van der Waals surface area (Å²) < 4.78 is 41.7. The molecule has 0 saturated heterocycles. The van der Waals surface area contributed by atoms with Gasteiger partial charge >= 0.3 is 6.18 Å². The van der Waals surface area contributed by atoms with Crippen LogP contribution in [-0.2, 0) is 6.18 Å². The average molecular weight is 200 g/mol. The zero-order chi connectivity index (χ0) is 10.6. The first-order valence-corrected chi connectivity index (χ1v) is 3.73. The molecule has 0 atom stereocenters. The standard InChI is InChI=1S/C10H7F3O/c1-2-7-14-9-6-4-3-5-8(9)10(11,12)13/h3-7H,1H2. The molecule has 4 heteroatoms. The van der Waals surface area contributed by atoms with Crippen molar-refractivity contribution in [1.29, 1.82) is 0 Å². The molecule has 0 unspecified atom stereocenters. The maximum Gasteiger partial charge on any atom is 0.419 e. The van der Waals surface area contributed by atoms with Crippen LogP contribution in [0.5, 0.6) is 5.75 Å². The van der Waals surface area contributed by atoms with E-state index < -0.39 is 11.7 Å². The summed E-state index contributed by atoms with van der Waals surface area (Å²) in [5.41, 5.74) is 1.42. The number of halogens is 3. The number of ether oxygens (including phenoxy) is 1. The van der Waals surface area contributed by atoms with E-state index in [2.05, 4.69) is 12.3 Å². The van der Waals surface area contributed by atoms with E-state index in [1.165, 1.54) is 18.2 Å². The molecule has 1 nitrogen and oxygen atoms in total. The van der Waals surface area contributed by atoms with Crippen molar-refractivity contribution in [3.05, 3.63) is 48.4 Å². The highest BCUT2D eigenvalue weighted by molar-refractivity contribution is 5.35. The third kappa shape index (κ3) is 2.41. The lowest BCUT2D eigenvalue weighted by atomic mass is 10.2. The summed E-state index contributed by atoms with van der Waals surface area (Å²) in [5.74, 6) is -0.254. The third-order valence-electron chi connectivity index (χ3n) is 1.46. The van der Waals surface area contributed by atoms with Gasteiger partial charge < -0.3 is 4.74 Å². The topological polar surface area (TPSA) is 9.23 Å². The van der Waals surface area contributed by atoms with Crippen LogP contribution in [0.3, 0.4) is 0 Å². The molecule has 0 N–H and O–H groups in total. The lowest BCUT2D eigenvalue weighted by Gasteiger charge is -2.10. The number of hydrogen-bond donors (Lipinski definition) is 0. The molecular formula is C10H7F3O. The van der Waals surface area contributed by atoms with Gasteiger partial charge in [0.25, 0.3) is 0 Å². The Labute approximate surface area is 79.1 Å². The van der Waals surface area contributed by atoms with E-state index in [-0.39, 0.29) is 5.75 Å². The van der Waals surface area contributed by atoms with Gasteiger partial charge in [-0.25, -0.2) is 0 Å². The number of para-hydroxylation sites is 1. The molecule has 1 rings (SSSR count). The number of rotatable bonds is 2. The van der Waals surface area contributed by atoms with Crippen LogP contribution in [-0.4, -0.2) is 0 Å². The van der Waals surface area contributed by atoms with Gasteiger partial charge in [0.15, 0.2) is 0 Å². The molecule has 0 spiro atoms. The second-order valence-electron chi connectivity index (χ2n) is 2.43. The Morgan fingerprint density at radius 3 is 2.50 bits per heavy atom. The minimum atomic E-state index is -4.41. The van der Waals surface area contributed by atoms with Crippen LogP contribution in [0.25, 0.3) is 0 Å². The number of benzene rings is 1. The fraction of sp³-hybridized carbons (Fsp3) is 0.100. The zero-order valence-electron chi connectivity index (χ0n) is 7.14. The summed E-state index contributed by atoms with van der Waals surface area (Å²) in [5, 5.41) is 0. The Kier molecular flexibility index (Phi) is 2.99. The molecule has 0 bridgehead atoms. The second kappa shape index (κ2) is 4.03. The van der Waals surface area contributed by atoms with Crippen LogP contribution in [0.4, 0.5) is 13.2 Å². The Bertz CT molecular complexity index is 362. The van der Waals surface area contributed by atoms with Gasteiger partial charge in [-0.1, -0.05) is 24.4 Å². The smallest absolute Gasteiger partial charge is 0.419 e. The fourth-order valence-electron chi connectivity index (χ4n) is 0.909. The van der Waals surface area contributed by atoms with Crippen LogP contribution < -0.4 is 4.74 Å². The summed E-state index contributed by atoms with van der Waals surface area (Å²) >= 11 is 0. The lowest BCUT2D eigenvalue weighted by Crippen LogP contribution is -2.06. The van der Waals surface area contributed by atoms with E-state index in [0.29, 0.717) is 0 Å². The summed E-state index contributed by atoms with van der Waals surface area (Å²) in [6.45, 7) is 3.18. The van der Waals surface area contributed by atoms with Crippen LogP contribution in [0.1, 0.15) is 5.56 Å². The summed E-state index contributed by atoms with van der Waals surface area (Å²) in [6, 6.07) is 4.94. The van der Waals surface area contributed by atoms with Crippen molar-refractivity contribution < 1.29 is 17.9 Å². The maximum absolute atomic E-state index is 12.3. The highest BCUT2D eigenvalue weighted by atomic mass is 19.4. The third-order valence-corrected chi connectivity index (χ3v) is 1.46. The van der Waals surface area contributed by atoms with Gasteiger partial charge in [0.2, 0.25) is 0 Å². The van der Waals surface area contributed by atoms with Crippen LogP contribution in [0, 0.1) is 0 Å². The van der Waals surface area contributed by atoms with E-state index in [9.17, 15) is 13.2 Å².